The van der Waals surface area contributed by atoms with Gasteiger partial charge in [0.25, 0.3) is 0 Å². The van der Waals surface area contributed by atoms with Crippen LogP contribution in [0.2, 0.25) is 0 Å². The Bertz CT molecular complexity index is 1290. The Morgan fingerprint density at radius 3 is 1.46 bits per heavy atom. The average molecular weight is 738 g/mol. The molecular formula is C37H67N7O8. The lowest BCUT2D eigenvalue weighted by atomic mass is 9.94. The Morgan fingerprint density at radius 2 is 1.00 bits per heavy atom. The molecule has 1 aliphatic heterocycles. The highest BCUT2D eigenvalue weighted by Gasteiger charge is 2.41. The summed E-state index contributed by atoms with van der Waals surface area (Å²) in [5.41, 5.74) is 0. The van der Waals surface area contributed by atoms with Crippen molar-refractivity contribution >= 4 is 41.4 Å². The SMILES string of the molecule is CC[C@H](C)[C@H]1NC(=O)[C@@H]([C@H](O)C(C)C)NC(=O)[C@@H](C)N(C)C(=O)[C@H](C)N(C)C(=O)[C@H](CC(C)C)NC(=O)[C@H](CC(C)C)N(C)C(=O)[C@H](C)N(C)C1=O. The predicted molar refractivity (Wildman–Crippen MR) is 198 cm³/mol. The zero-order valence-corrected chi connectivity index (χ0v) is 34.1. The van der Waals surface area contributed by atoms with Gasteiger partial charge in [0, 0.05) is 28.2 Å². The molecule has 0 aliphatic carbocycles. The Hall–Kier alpha value is -3.75. The molecule has 7 amide bonds. The average Bonchev–Trinajstić information content (AvgIpc) is 3.09. The summed E-state index contributed by atoms with van der Waals surface area (Å²) in [7, 11) is 5.77. The molecule has 15 nitrogen and oxygen atoms in total. The first-order valence-corrected chi connectivity index (χ1v) is 18.6. The van der Waals surface area contributed by atoms with E-state index in [0.717, 1.165) is 4.90 Å². The summed E-state index contributed by atoms with van der Waals surface area (Å²) in [6.45, 7) is 19.1. The molecule has 0 unspecified atom stereocenters. The molecule has 298 valence electrons. The number of nitrogens with zero attached hydrogens (tertiary/aromatic N) is 4. The van der Waals surface area contributed by atoms with E-state index in [0.29, 0.717) is 6.42 Å². The van der Waals surface area contributed by atoms with E-state index in [1.807, 2.05) is 34.6 Å². The lowest BCUT2D eigenvalue weighted by Gasteiger charge is -2.37. The van der Waals surface area contributed by atoms with Crippen molar-refractivity contribution in [2.45, 2.75) is 144 Å². The minimum absolute atomic E-state index is 0.0253. The summed E-state index contributed by atoms with van der Waals surface area (Å²) in [6, 6.07) is -7.89. The highest BCUT2D eigenvalue weighted by Crippen LogP contribution is 2.19. The first kappa shape index (κ1) is 46.3. The maximum absolute atomic E-state index is 14.1. The lowest BCUT2D eigenvalue weighted by molar-refractivity contribution is -0.150. The van der Waals surface area contributed by atoms with Crippen molar-refractivity contribution < 1.29 is 38.7 Å². The third-order valence-corrected chi connectivity index (χ3v) is 10.4. The molecule has 4 N–H and O–H groups in total. The molecule has 1 fully saturated rings. The molecule has 1 saturated heterocycles. The number of rotatable bonds is 8. The number of aliphatic hydroxyl groups is 1. The van der Waals surface area contributed by atoms with E-state index >= 15 is 0 Å². The topological polar surface area (TPSA) is 189 Å². The summed E-state index contributed by atoms with van der Waals surface area (Å²) in [5, 5.41) is 19.3. The van der Waals surface area contributed by atoms with E-state index in [1.165, 1.54) is 63.7 Å². The molecular weight excluding hydrogens is 670 g/mol. The standard InChI is InChI=1S/C37H67N7O8/c1-16-22(8)28-37(52)43(14)25(11)35(50)44(15)27(18-20(4)5)32(47)38-26(17-19(2)3)36(51)42(13)24(10)34(49)41(12)23(9)31(46)40-29(33(48)39-28)30(45)21(6)7/h19-30,45H,16-18H2,1-15H3,(H,38,47)(H,39,48)(H,40,46)/t22-,23+,24-,25-,26-,27-,28+,29+,30+/m0/s1. The van der Waals surface area contributed by atoms with Gasteiger partial charge in [0.05, 0.1) is 6.10 Å². The van der Waals surface area contributed by atoms with Gasteiger partial charge in [-0.2, -0.15) is 0 Å². The van der Waals surface area contributed by atoms with Crippen molar-refractivity contribution in [3.63, 3.8) is 0 Å². The van der Waals surface area contributed by atoms with E-state index in [1.54, 1.807) is 20.8 Å². The first-order chi connectivity index (χ1) is 23.9. The van der Waals surface area contributed by atoms with Crippen LogP contribution in [0, 0.1) is 23.7 Å². The minimum Gasteiger partial charge on any atom is -0.390 e. The summed E-state index contributed by atoms with van der Waals surface area (Å²) in [4.78, 5) is 102. The summed E-state index contributed by atoms with van der Waals surface area (Å²) < 4.78 is 0. The van der Waals surface area contributed by atoms with Crippen molar-refractivity contribution in [1.29, 1.82) is 0 Å². The second-order valence-corrected chi connectivity index (χ2v) is 15.8. The van der Waals surface area contributed by atoms with Crippen LogP contribution in [0.5, 0.6) is 0 Å². The van der Waals surface area contributed by atoms with Crippen LogP contribution in [0.4, 0.5) is 0 Å². The van der Waals surface area contributed by atoms with Crippen LogP contribution >= 0.6 is 0 Å². The quantitative estimate of drug-likeness (QED) is 0.284. The molecule has 0 spiro atoms. The molecule has 9 atom stereocenters. The fourth-order valence-electron chi connectivity index (χ4n) is 6.03. The van der Waals surface area contributed by atoms with Crippen molar-refractivity contribution in [1.82, 2.24) is 35.6 Å². The number of carbonyl (C=O) groups excluding carboxylic acids is 7. The highest BCUT2D eigenvalue weighted by molar-refractivity contribution is 5.98. The summed E-state index contributed by atoms with van der Waals surface area (Å²) in [6.07, 6.45) is -0.371. The highest BCUT2D eigenvalue weighted by atomic mass is 16.3. The molecule has 0 saturated carbocycles. The molecule has 15 heteroatoms. The fourth-order valence-corrected chi connectivity index (χ4v) is 6.03. The van der Waals surface area contributed by atoms with Crippen LogP contribution < -0.4 is 16.0 Å². The first-order valence-electron chi connectivity index (χ1n) is 18.6. The Balaban J connectivity index is 3.92. The van der Waals surface area contributed by atoms with Crippen molar-refractivity contribution in [3.05, 3.63) is 0 Å². The number of hydrogen-bond acceptors (Lipinski definition) is 8. The van der Waals surface area contributed by atoms with Crippen LogP contribution in [0.3, 0.4) is 0 Å². The van der Waals surface area contributed by atoms with Crippen LogP contribution in [0.1, 0.15) is 95.4 Å². The Kier molecular flexibility index (Phi) is 17.7. The number of likely N-dealkylation sites (N-methyl/N-ethyl adjacent to an activating group) is 4. The zero-order chi connectivity index (χ0) is 40.5. The zero-order valence-electron chi connectivity index (χ0n) is 34.1. The number of nitrogens with one attached hydrogen (secondary N) is 3. The molecule has 0 radical (unpaired) electrons. The minimum atomic E-state index is -1.49. The van der Waals surface area contributed by atoms with Gasteiger partial charge in [0.15, 0.2) is 0 Å². The van der Waals surface area contributed by atoms with Gasteiger partial charge in [0.1, 0.15) is 42.3 Å². The van der Waals surface area contributed by atoms with E-state index < -0.39 is 102 Å². The molecule has 52 heavy (non-hydrogen) atoms. The van der Waals surface area contributed by atoms with Crippen molar-refractivity contribution in [3.8, 4) is 0 Å². The van der Waals surface area contributed by atoms with Crippen molar-refractivity contribution in [2.75, 3.05) is 28.2 Å². The maximum Gasteiger partial charge on any atom is 0.245 e. The van der Waals surface area contributed by atoms with Gasteiger partial charge < -0.3 is 40.7 Å². The van der Waals surface area contributed by atoms with Crippen LogP contribution in [0.25, 0.3) is 0 Å². The van der Waals surface area contributed by atoms with Gasteiger partial charge in [-0.1, -0.05) is 61.8 Å². The molecule has 1 aliphatic rings. The number of aliphatic hydroxyl groups excluding tert-OH is 1. The third kappa shape index (κ3) is 11.6. The van der Waals surface area contributed by atoms with Crippen LogP contribution in [-0.4, -0.2) is 143 Å². The van der Waals surface area contributed by atoms with Crippen LogP contribution in [-0.2, 0) is 33.6 Å². The van der Waals surface area contributed by atoms with E-state index in [-0.39, 0.29) is 24.7 Å². The molecule has 0 bridgehead atoms. The maximum atomic E-state index is 14.1. The predicted octanol–water partition coefficient (Wildman–Crippen LogP) is 0.977. The third-order valence-electron chi connectivity index (χ3n) is 10.4. The largest absolute Gasteiger partial charge is 0.390 e. The number of carbonyl (C=O) groups is 7. The van der Waals surface area contributed by atoms with Gasteiger partial charge in [0.2, 0.25) is 41.4 Å². The van der Waals surface area contributed by atoms with Gasteiger partial charge in [-0.25, -0.2) is 0 Å². The van der Waals surface area contributed by atoms with E-state index in [2.05, 4.69) is 16.0 Å². The number of hydrogen-bond donors (Lipinski definition) is 4. The van der Waals surface area contributed by atoms with Crippen molar-refractivity contribution in [2.24, 2.45) is 23.7 Å². The van der Waals surface area contributed by atoms with E-state index in [4.69, 9.17) is 0 Å². The Labute approximate surface area is 310 Å². The molecule has 1 rings (SSSR count). The van der Waals surface area contributed by atoms with Gasteiger partial charge >= 0.3 is 0 Å². The molecule has 1 heterocycles. The lowest BCUT2D eigenvalue weighted by Crippen LogP contribution is -2.63. The molecule has 0 aromatic heterocycles. The molecule has 0 aromatic carbocycles. The summed E-state index contributed by atoms with van der Waals surface area (Å²) in [5.74, 6) is -5.26. The molecule has 0 aromatic rings. The van der Waals surface area contributed by atoms with Crippen LogP contribution in [0.15, 0.2) is 0 Å². The van der Waals surface area contributed by atoms with Gasteiger partial charge in [-0.05, 0) is 57.3 Å². The summed E-state index contributed by atoms with van der Waals surface area (Å²) >= 11 is 0. The van der Waals surface area contributed by atoms with E-state index in [9.17, 15) is 38.7 Å². The number of amides is 7. The normalized spacial score (nSPS) is 28.6. The second kappa shape index (κ2) is 19.9. The fraction of sp³-hybridized carbons (Fsp3) is 0.811. The second-order valence-electron chi connectivity index (χ2n) is 15.8. The van der Waals surface area contributed by atoms with Gasteiger partial charge in [-0.3, -0.25) is 33.6 Å². The van der Waals surface area contributed by atoms with Gasteiger partial charge in [-0.15, -0.1) is 0 Å². The smallest absolute Gasteiger partial charge is 0.245 e. The Morgan fingerprint density at radius 1 is 0.558 bits per heavy atom. The monoisotopic (exact) mass is 738 g/mol.